The summed E-state index contributed by atoms with van der Waals surface area (Å²) in [6.07, 6.45) is 3.95. The Morgan fingerprint density at radius 2 is 2.25 bits per heavy atom. The van der Waals surface area contributed by atoms with Crippen molar-refractivity contribution in [2.45, 2.75) is 26.8 Å². The van der Waals surface area contributed by atoms with Gasteiger partial charge in [0.25, 0.3) is 0 Å². The number of carboxylic acid groups (broad SMARTS) is 1. The van der Waals surface area contributed by atoms with Gasteiger partial charge in [-0.05, 0) is 31.4 Å². The largest absolute Gasteiger partial charge is 0.481 e. The molecule has 2 N–H and O–H groups in total. The molecule has 1 aromatic rings. The zero-order chi connectivity index (χ0) is 14.8. The molecule has 1 fully saturated rings. The van der Waals surface area contributed by atoms with E-state index in [0.29, 0.717) is 19.5 Å². The molecular weight excluding hydrogens is 258 g/mol. The summed E-state index contributed by atoms with van der Waals surface area (Å²) < 4.78 is 0. The molecule has 0 saturated carbocycles. The Hall–Kier alpha value is -2.11. The first-order valence-corrected chi connectivity index (χ1v) is 6.57. The molecular formula is C14H19N3O3. The van der Waals surface area contributed by atoms with Crippen molar-refractivity contribution in [1.82, 2.24) is 15.2 Å². The Balaban J connectivity index is 1.89. The molecule has 2 rings (SSSR count). The van der Waals surface area contributed by atoms with Crippen molar-refractivity contribution >= 4 is 12.0 Å². The molecule has 0 aromatic carbocycles. The predicted molar refractivity (Wildman–Crippen MR) is 73.1 cm³/mol. The highest BCUT2D eigenvalue weighted by Crippen LogP contribution is 2.29. The summed E-state index contributed by atoms with van der Waals surface area (Å²) in [5.41, 5.74) is 1.14. The number of nitrogens with one attached hydrogen (secondary N) is 1. The monoisotopic (exact) mass is 277 g/mol. The third kappa shape index (κ3) is 3.07. The highest BCUT2D eigenvalue weighted by Gasteiger charge is 2.42. The van der Waals surface area contributed by atoms with Crippen LogP contribution in [-0.2, 0) is 11.3 Å². The van der Waals surface area contributed by atoms with Crippen LogP contribution >= 0.6 is 0 Å². The average Bonchev–Trinajstić information content (AvgIpc) is 2.80. The number of amides is 2. The number of pyridine rings is 1. The van der Waals surface area contributed by atoms with E-state index in [1.54, 1.807) is 24.2 Å². The minimum Gasteiger partial charge on any atom is -0.481 e. The maximum Gasteiger partial charge on any atom is 0.317 e. The van der Waals surface area contributed by atoms with E-state index in [2.05, 4.69) is 10.3 Å². The van der Waals surface area contributed by atoms with Gasteiger partial charge < -0.3 is 15.3 Å². The van der Waals surface area contributed by atoms with Crippen LogP contribution < -0.4 is 5.32 Å². The Labute approximate surface area is 117 Å². The fraction of sp³-hybridized carbons (Fsp3) is 0.500. The van der Waals surface area contributed by atoms with Crippen molar-refractivity contribution in [3.8, 4) is 0 Å². The van der Waals surface area contributed by atoms with Crippen LogP contribution in [0.1, 0.15) is 24.5 Å². The minimum atomic E-state index is -0.851. The number of hydrogen-bond acceptors (Lipinski definition) is 3. The van der Waals surface area contributed by atoms with E-state index in [4.69, 9.17) is 5.11 Å². The summed E-state index contributed by atoms with van der Waals surface area (Å²) in [6, 6.07) is 1.73. The Morgan fingerprint density at radius 3 is 2.85 bits per heavy atom. The van der Waals surface area contributed by atoms with Crippen LogP contribution in [0.4, 0.5) is 4.79 Å². The van der Waals surface area contributed by atoms with Crippen LogP contribution in [0.15, 0.2) is 18.5 Å². The van der Waals surface area contributed by atoms with Gasteiger partial charge in [-0.25, -0.2) is 4.79 Å². The first-order chi connectivity index (χ1) is 9.40. The SMILES string of the molecule is Cc1cncc(CNC(=O)N2CCC(C)(C(=O)O)C2)c1. The van der Waals surface area contributed by atoms with E-state index in [-0.39, 0.29) is 12.6 Å². The molecule has 0 spiro atoms. The summed E-state index contributed by atoms with van der Waals surface area (Å²) in [6.45, 7) is 4.74. The maximum absolute atomic E-state index is 12.0. The molecule has 1 saturated heterocycles. The van der Waals surface area contributed by atoms with Crippen molar-refractivity contribution in [3.63, 3.8) is 0 Å². The van der Waals surface area contributed by atoms with Gasteiger partial charge in [0.1, 0.15) is 0 Å². The third-order valence-corrected chi connectivity index (χ3v) is 3.65. The molecule has 6 heteroatoms. The van der Waals surface area contributed by atoms with E-state index < -0.39 is 11.4 Å². The molecule has 0 radical (unpaired) electrons. The highest BCUT2D eigenvalue weighted by molar-refractivity contribution is 5.79. The number of carbonyl (C=O) groups excluding carboxylic acids is 1. The maximum atomic E-state index is 12.0. The summed E-state index contributed by atoms with van der Waals surface area (Å²) in [4.78, 5) is 28.8. The molecule has 1 unspecified atom stereocenters. The fourth-order valence-corrected chi connectivity index (χ4v) is 2.31. The van der Waals surface area contributed by atoms with Crippen LogP contribution in [0, 0.1) is 12.3 Å². The quantitative estimate of drug-likeness (QED) is 0.874. The molecule has 6 nitrogen and oxygen atoms in total. The van der Waals surface area contributed by atoms with Gasteiger partial charge in [0.05, 0.1) is 5.41 Å². The first-order valence-electron chi connectivity index (χ1n) is 6.57. The summed E-state index contributed by atoms with van der Waals surface area (Å²) in [7, 11) is 0. The normalized spacial score (nSPS) is 21.8. The molecule has 1 aliphatic rings. The summed E-state index contributed by atoms with van der Waals surface area (Å²) in [5.74, 6) is -0.851. The predicted octanol–water partition coefficient (Wildman–Crippen LogP) is 1.40. The number of carbonyl (C=O) groups is 2. The number of hydrogen-bond donors (Lipinski definition) is 2. The van der Waals surface area contributed by atoms with Gasteiger partial charge in [-0.15, -0.1) is 0 Å². The number of rotatable bonds is 3. The zero-order valence-electron chi connectivity index (χ0n) is 11.7. The molecule has 1 aromatic heterocycles. The lowest BCUT2D eigenvalue weighted by atomic mass is 9.90. The number of aromatic nitrogens is 1. The molecule has 2 heterocycles. The average molecular weight is 277 g/mol. The van der Waals surface area contributed by atoms with Gasteiger partial charge in [-0.2, -0.15) is 0 Å². The number of aliphatic carboxylic acids is 1. The van der Waals surface area contributed by atoms with Crippen LogP contribution in [-0.4, -0.2) is 40.1 Å². The van der Waals surface area contributed by atoms with Gasteiger partial charge in [0, 0.05) is 32.0 Å². The standard InChI is InChI=1S/C14H19N3O3/c1-10-5-11(7-15-6-10)8-16-13(20)17-4-3-14(2,9-17)12(18)19/h5-7H,3-4,8-9H2,1-2H3,(H,16,20)(H,18,19). The van der Waals surface area contributed by atoms with Crippen molar-refractivity contribution in [1.29, 1.82) is 0 Å². The van der Waals surface area contributed by atoms with Crippen molar-refractivity contribution in [2.75, 3.05) is 13.1 Å². The second-order valence-electron chi connectivity index (χ2n) is 5.57. The van der Waals surface area contributed by atoms with Gasteiger partial charge in [-0.1, -0.05) is 6.07 Å². The lowest BCUT2D eigenvalue weighted by Gasteiger charge is -2.20. The van der Waals surface area contributed by atoms with Crippen LogP contribution in [0.3, 0.4) is 0 Å². The fourth-order valence-electron chi connectivity index (χ4n) is 2.31. The highest BCUT2D eigenvalue weighted by atomic mass is 16.4. The summed E-state index contributed by atoms with van der Waals surface area (Å²) in [5, 5.41) is 11.9. The second kappa shape index (κ2) is 5.48. The molecule has 1 atom stereocenters. The van der Waals surface area contributed by atoms with Gasteiger partial charge in [0.15, 0.2) is 0 Å². The van der Waals surface area contributed by atoms with Crippen molar-refractivity contribution < 1.29 is 14.7 Å². The molecule has 0 aliphatic carbocycles. The number of nitrogens with zero attached hydrogens (tertiary/aromatic N) is 2. The zero-order valence-corrected chi connectivity index (χ0v) is 11.7. The number of aryl methyl sites for hydroxylation is 1. The second-order valence-corrected chi connectivity index (χ2v) is 5.57. The molecule has 108 valence electrons. The van der Waals surface area contributed by atoms with E-state index in [1.807, 2.05) is 13.0 Å². The van der Waals surface area contributed by atoms with Crippen molar-refractivity contribution in [3.05, 3.63) is 29.6 Å². The van der Waals surface area contributed by atoms with Crippen LogP contribution in [0.5, 0.6) is 0 Å². The Bertz CT molecular complexity index is 532. The molecule has 0 bridgehead atoms. The van der Waals surface area contributed by atoms with Crippen LogP contribution in [0.25, 0.3) is 0 Å². The smallest absolute Gasteiger partial charge is 0.317 e. The van der Waals surface area contributed by atoms with Gasteiger partial charge in [-0.3, -0.25) is 9.78 Å². The molecule has 20 heavy (non-hydrogen) atoms. The lowest BCUT2D eigenvalue weighted by molar-refractivity contribution is -0.146. The number of urea groups is 1. The topological polar surface area (TPSA) is 82.5 Å². The summed E-state index contributed by atoms with van der Waals surface area (Å²) >= 11 is 0. The molecule has 2 amide bonds. The van der Waals surface area contributed by atoms with Crippen LogP contribution in [0.2, 0.25) is 0 Å². The number of carboxylic acids is 1. The van der Waals surface area contributed by atoms with E-state index in [0.717, 1.165) is 11.1 Å². The first kappa shape index (κ1) is 14.3. The Morgan fingerprint density at radius 1 is 1.50 bits per heavy atom. The van der Waals surface area contributed by atoms with Gasteiger partial charge in [0.2, 0.25) is 0 Å². The Kier molecular flexibility index (Phi) is 3.92. The van der Waals surface area contributed by atoms with E-state index in [1.165, 1.54) is 0 Å². The third-order valence-electron chi connectivity index (χ3n) is 3.65. The van der Waals surface area contributed by atoms with E-state index in [9.17, 15) is 9.59 Å². The lowest BCUT2D eigenvalue weighted by Crippen LogP contribution is -2.40. The number of likely N-dealkylation sites (tertiary alicyclic amines) is 1. The molecule has 1 aliphatic heterocycles. The minimum absolute atomic E-state index is 0.225. The van der Waals surface area contributed by atoms with E-state index >= 15 is 0 Å². The van der Waals surface area contributed by atoms with Gasteiger partial charge >= 0.3 is 12.0 Å². The van der Waals surface area contributed by atoms with Crippen molar-refractivity contribution in [2.24, 2.45) is 5.41 Å².